The van der Waals surface area contributed by atoms with Crippen LogP contribution in [0.5, 0.6) is 0 Å². The summed E-state index contributed by atoms with van der Waals surface area (Å²) in [5.41, 5.74) is 0. The third-order valence-corrected chi connectivity index (χ3v) is 18.9. The maximum absolute atomic E-state index is 13.0. The minimum absolute atomic E-state index is 0.105. The second-order valence-corrected chi connectivity index (χ2v) is 30.1. The van der Waals surface area contributed by atoms with Crippen LogP contribution in [0.1, 0.15) is 363 Å². The fourth-order valence-electron chi connectivity index (χ4n) is 10.9. The number of hydrogen-bond donors (Lipinski definition) is 3. The number of ether oxygens (including phenoxy) is 4. The van der Waals surface area contributed by atoms with Crippen molar-refractivity contribution in [1.29, 1.82) is 0 Å². The van der Waals surface area contributed by atoms with Gasteiger partial charge in [0.2, 0.25) is 0 Å². The number of aliphatic hydroxyl groups excluding tert-OH is 1. The number of hydrogen-bond acceptors (Lipinski definition) is 15. The highest BCUT2D eigenvalue weighted by Gasteiger charge is 2.30. The molecule has 0 rings (SSSR count). The third-order valence-electron chi connectivity index (χ3n) is 17.0. The molecule has 0 amide bonds. The van der Waals surface area contributed by atoms with Crippen LogP contribution in [0.15, 0.2) is 0 Å². The average molecular weight is 1340 g/mol. The standard InChI is InChI=1S/C72H140O17P2/c1-8-10-11-12-13-14-15-16-17-25-32-39-46-53-69(74)82-59-67(88-71(76)55-48-41-34-26-19-18-24-31-38-45-52-65(7)9-2)61-86-90(78,79)84-57-66(73)58-85-91(80,81)87-62-68(89-72(77)56-49-42-35-28-21-23-30-37-44-51-64(5)6)60-83-70(75)54-47-40-33-27-20-22-29-36-43-50-63(3)4/h63-68,73H,8-62H2,1-7H3,(H,78,79)(H,80,81)/t65?,66-,67-,68-/m1/s1. The van der Waals surface area contributed by atoms with Crippen LogP contribution in [0.25, 0.3) is 0 Å². The average Bonchev–Trinajstić information content (AvgIpc) is 2.99. The molecule has 0 saturated carbocycles. The fourth-order valence-corrected chi connectivity index (χ4v) is 12.4. The summed E-state index contributed by atoms with van der Waals surface area (Å²) in [6.45, 7) is 11.9. The summed E-state index contributed by atoms with van der Waals surface area (Å²) >= 11 is 0. The number of aliphatic hydroxyl groups is 1. The molecule has 0 aliphatic heterocycles. The zero-order valence-electron chi connectivity index (χ0n) is 59.3. The van der Waals surface area contributed by atoms with Gasteiger partial charge in [0.25, 0.3) is 0 Å². The second-order valence-electron chi connectivity index (χ2n) is 27.2. The molecule has 0 fully saturated rings. The number of unbranched alkanes of at least 4 members (excludes halogenated alkanes) is 37. The molecule has 91 heavy (non-hydrogen) atoms. The van der Waals surface area contributed by atoms with Crippen LogP contribution in [0.4, 0.5) is 0 Å². The van der Waals surface area contributed by atoms with Crippen LogP contribution in [0.3, 0.4) is 0 Å². The van der Waals surface area contributed by atoms with E-state index < -0.39 is 97.5 Å². The highest BCUT2D eigenvalue weighted by Crippen LogP contribution is 2.45. The Kier molecular flexibility index (Phi) is 61.5. The molecule has 19 heteroatoms. The molecule has 0 saturated heterocycles. The summed E-state index contributed by atoms with van der Waals surface area (Å²) in [7, 11) is -9.91. The van der Waals surface area contributed by atoms with Crippen LogP contribution >= 0.6 is 15.6 Å². The van der Waals surface area contributed by atoms with E-state index >= 15 is 0 Å². The quantitative estimate of drug-likeness (QED) is 0.0222. The monoisotopic (exact) mass is 1340 g/mol. The summed E-state index contributed by atoms with van der Waals surface area (Å²) < 4.78 is 68.4. The van der Waals surface area contributed by atoms with Gasteiger partial charge in [-0.15, -0.1) is 0 Å². The Balaban J connectivity index is 5.27. The van der Waals surface area contributed by atoms with E-state index in [4.69, 9.17) is 37.0 Å². The molecule has 0 bridgehead atoms. The highest BCUT2D eigenvalue weighted by atomic mass is 31.2. The van der Waals surface area contributed by atoms with E-state index in [1.54, 1.807) is 0 Å². The molecular formula is C72H140O17P2. The molecule has 0 aromatic heterocycles. The minimum Gasteiger partial charge on any atom is -0.462 e. The van der Waals surface area contributed by atoms with Gasteiger partial charge in [0.05, 0.1) is 26.4 Å². The second kappa shape index (κ2) is 62.8. The third kappa shape index (κ3) is 65.1. The molecule has 0 heterocycles. The Morgan fingerprint density at radius 1 is 0.319 bits per heavy atom. The van der Waals surface area contributed by atoms with Crippen molar-refractivity contribution in [3.63, 3.8) is 0 Å². The molecular weight excluding hydrogens is 1200 g/mol. The van der Waals surface area contributed by atoms with Gasteiger partial charge in [-0.25, -0.2) is 9.13 Å². The molecule has 0 radical (unpaired) electrons. The van der Waals surface area contributed by atoms with Crippen molar-refractivity contribution < 1.29 is 80.2 Å². The first-order chi connectivity index (χ1) is 43.8. The SMILES string of the molecule is CCCCCCCCCCCCCCCC(=O)OC[C@H](COP(=O)(O)OC[C@@H](O)COP(=O)(O)OC[C@@H](COC(=O)CCCCCCCCCCCC(C)C)OC(=O)CCCCCCCCCCCC(C)C)OC(=O)CCCCCCCCCCCCC(C)CC. The summed E-state index contributed by atoms with van der Waals surface area (Å²) in [6.07, 6.45) is 47.0. The van der Waals surface area contributed by atoms with Crippen LogP contribution < -0.4 is 0 Å². The number of phosphoric acid groups is 2. The van der Waals surface area contributed by atoms with Crippen LogP contribution in [-0.2, 0) is 65.4 Å². The number of rotatable bonds is 70. The van der Waals surface area contributed by atoms with E-state index in [-0.39, 0.29) is 25.7 Å². The molecule has 0 aromatic rings. The van der Waals surface area contributed by atoms with Crippen molar-refractivity contribution in [3.8, 4) is 0 Å². The van der Waals surface area contributed by atoms with E-state index in [1.165, 1.54) is 173 Å². The summed E-state index contributed by atoms with van der Waals surface area (Å²) in [5, 5.41) is 10.6. The van der Waals surface area contributed by atoms with Gasteiger partial charge in [-0.05, 0) is 43.4 Å². The maximum atomic E-state index is 13.0. The first kappa shape index (κ1) is 89.1. The first-order valence-corrected chi connectivity index (χ1v) is 40.4. The molecule has 0 aliphatic carbocycles. The molecule has 17 nitrogen and oxygen atoms in total. The topological polar surface area (TPSA) is 237 Å². The summed E-state index contributed by atoms with van der Waals surface area (Å²) in [5.74, 6) is 0.160. The van der Waals surface area contributed by atoms with Crippen molar-refractivity contribution in [1.82, 2.24) is 0 Å². The predicted molar refractivity (Wildman–Crippen MR) is 368 cm³/mol. The van der Waals surface area contributed by atoms with Gasteiger partial charge < -0.3 is 33.8 Å². The Morgan fingerprint density at radius 3 is 0.835 bits per heavy atom. The van der Waals surface area contributed by atoms with Crippen molar-refractivity contribution >= 4 is 39.5 Å². The van der Waals surface area contributed by atoms with E-state index in [0.29, 0.717) is 25.7 Å². The van der Waals surface area contributed by atoms with Gasteiger partial charge in [-0.2, -0.15) is 0 Å². The molecule has 3 unspecified atom stereocenters. The van der Waals surface area contributed by atoms with Crippen molar-refractivity contribution in [2.45, 2.75) is 381 Å². The number of phosphoric ester groups is 2. The number of carbonyl (C=O) groups excluding carboxylic acids is 4. The number of esters is 4. The molecule has 0 aromatic carbocycles. The lowest BCUT2D eigenvalue weighted by molar-refractivity contribution is -0.161. The van der Waals surface area contributed by atoms with Gasteiger partial charge in [0, 0.05) is 25.7 Å². The molecule has 540 valence electrons. The summed E-state index contributed by atoms with van der Waals surface area (Å²) in [4.78, 5) is 72.7. The van der Waals surface area contributed by atoms with Crippen LogP contribution in [-0.4, -0.2) is 96.7 Å². The number of carbonyl (C=O) groups is 4. The zero-order chi connectivity index (χ0) is 67.3. The van der Waals surface area contributed by atoms with E-state index in [2.05, 4.69) is 48.5 Å². The van der Waals surface area contributed by atoms with Gasteiger partial charge in [0.15, 0.2) is 12.2 Å². The lowest BCUT2D eigenvalue weighted by Gasteiger charge is -2.21. The smallest absolute Gasteiger partial charge is 0.462 e. The van der Waals surface area contributed by atoms with Gasteiger partial charge in [-0.3, -0.25) is 37.3 Å². The van der Waals surface area contributed by atoms with E-state index in [0.717, 1.165) is 108 Å². The van der Waals surface area contributed by atoms with Gasteiger partial charge >= 0.3 is 39.5 Å². The maximum Gasteiger partial charge on any atom is 0.472 e. The van der Waals surface area contributed by atoms with E-state index in [1.807, 2.05) is 0 Å². The highest BCUT2D eigenvalue weighted by molar-refractivity contribution is 7.47. The molecule has 6 atom stereocenters. The molecule has 3 N–H and O–H groups in total. The van der Waals surface area contributed by atoms with Gasteiger partial charge in [0.1, 0.15) is 19.3 Å². The minimum atomic E-state index is -4.95. The predicted octanol–water partition coefficient (Wildman–Crippen LogP) is 20.6. The molecule has 0 spiro atoms. The van der Waals surface area contributed by atoms with Gasteiger partial charge in [-0.1, -0.05) is 312 Å². The lowest BCUT2D eigenvalue weighted by atomic mass is 9.99. The normalized spacial score (nSPS) is 14.5. The first-order valence-electron chi connectivity index (χ1n) is 37.4. The Labute approximate surface area is 556 Å². The van der Waals surface area contributed by atoms with Crippen molar-refractivity contribution in [2.24, 2.45) is 17.8 Å². The Hall–Kier alpha value is -1.94. The Morgan fingerprint density at radius 2 is 0.560 bits per heavy atom. The Bertz CT molecular complexity index is 1790. The van der Waals surface area contributed by atoms with E-state index in [9.17, 15) is 43.2 Å². The van der Waals surface area contributed by atoms with Crippen molar-refractivity contribution in [3.05, 3.63) is 0 Å². The van der Waals surface area contributed by atoms with Crippen LogP contribution in [0.2, 0.25) is 0 Å². The largest absolute Gasteiger partial charge is 0.472 e. The fraction of sp³-hybridized carbons (Fsp3) is 0.944. The van der Waals surface area contributed by atoms with Crippen LogP contribution in [0, 0.1) is 17.8 Å². The lowest BCUT2D eigenvalue weighted by Crippen LogP contribution is -2.30. The molecule has 0 aliphatic rings. The summed E-state index contributed by atoms with van der Waals surface area (Å²) in [6, 6.07) is 0. The van der Waals surface area contributed by atoms with Crippen molar-refractivity contribution in [2.75, 3.05) is 39.6 Å². The zero-order valence-corrected chi connectivity index (χ0v) is 61.1.